The Morgan fingerprint density at radius 1 is 1.20 bits per heavy atom. The molecule has 0 fully saturated rings. The number of carbonyl (C=O) groups excluding carboxylic acids is 2. The number of hydrogen-bond acceptors (Lipinski definition) is 5. The van der Waals surface area contributed by atoms with Crippen molar-refractivity contribution in [3.05, 3.63) is 69.4 Å². The molecule has 2 amide bonds. The van der Waals surface area contributed by atoms with Gasteiger partial charge in [-0.2, -0.15) is 5.10 Å². The molecule has 0 spiro atoms. The lowest BCUT2D eigenvalue weighted by Gasteiger charge is -2.27. The monoisotopic (exact) mass is 490 g/mol. The minimum absolute atomic E-state index is 0.0516. The van der Waals surface area contributed by atoms with Crippen molar-refractivity contribution in [3.8, 4) is 0 Å². The summed E-state index contributed by atoms with van der Waals surface area (Å²) in [7, 11) is 0. The first-order valence-corrected chi connectivity index (χ1v) is 12.7. The zero-order chi connectivity index (χ0) is 24.9. The fourth-order valence-corrected chi connectivity index (χ4v) is 5.47. The highest BCUT2D eigenvalue weighted by atomic mass is 32.1. The lowest BCUT2D eigenvalue weighted by atomic mass is 9.92. The topological polar surface area (TPSA) is 84.5 Å². The molecule has 1 N–H and O–H groups in total. The summed E-state index contributed by atoms with van der Waals surface area (Å²) in [5, 5.41) is 9.73. The molecule has 0 atom stereocenters. The van der Waals surface area contributed by atoms with Crippen molar-refractivity contribution < 1.29 is 9.59 Å². The predicted molar refractivity (Wildman–Crippen MR) is 137 cm³/mol. The first-order chi connectivity index (χ1) is 16.6. The highest BCUT2D eigenvalue weighted by molar-refractivity contribution is 7.10. The summed E-state index contributed by atoms with van der Waals surface area (Å²) < 4.78 is 3.68. The van der Waals surface area contributed by atoms with Crippen LogP contribution in [0.4, 0.5) is 5.82 Å². The summed E-state index contributed by atoms with van der Waals surface area (Å²) in [6.07, 6.45) is 4.12. The van der Waals surface area contributed by atoms with Crippen LogP contribution >= 0.6 is 11.3 Å². The third-order valence-corrected chi connectivity index (χ3v) is 7.36. The molecule has 0 bridgehead atoms. The second-order valence-corrected chi connectivity index (χ2v) is 11.2. The molecular weight excluding hydrogens is 460 g/mol. The van der Waals surface area contributed by atoms with Crippen LogP contribution in [0.3, 0.4) is 0 Å². The van der Waals surface area contributed by atoms with Crippen LogP contribution in [-0.2, 0) is 18.4 Å². The van der Waals surface area contributed by atoms with E-state index in [9.17, 15) is 9.59 Å². The molecular formula is C26H30N6O2S. The second kappa shape index (κ2) is 8.64. The van der Waals surface area contributed by atoms with Gasteiger partial charge in [-0.1, -0.05) is 26.8 Å². The number of nitrogens with one attached hydrogen (secondary N) is 1. The number of hydrogen-bond donors (Lipinski definition) is 1. The van der Waals surface area contributed by atoms with E-state index in [2.05, 4.69) is 44.9 Å². The van der Waals surface area contributed by atoms with Gasteiger partial charge in [-0.3, -0.25) is 14.0 Å². The number of nitrogens with zero attached hydrogens (tertiary/aromatic N) is 5. The fraction of sp³-hybridized carbons (Fsp3) is 0.385. The van der Waals surface area contributed by atoms with Gasteiger partial charge in [0.15, 0.2) is 0 Å². The number of amides is 2. The van der Waals surface area contributed by atoms with Gasteiger partial charge in [-0.05, 0) is 38.0 Å². The minimum Gasteiger partial charge on any atom is -0.332 e. The van der Waals surface area contributed by atoms with Gasteiger partial charge in [0.2, 0.25) is 0 Å². The van der Waals surface area contributed by atoms with Crippen LogP contribution in [0.2, 0.25) is 0 Å². The predicted octanol–water partition coefficient (Wildman–Crippen LogP) is 4.92. The molecule has 4 aromatic rings. The van der Waals surface area contributed by atoms with Crippen LogP contribution in [-0.4, -0.2) is 42.4 Å². The molecule has 0 unspecified atom stereocenters. The standard InChI is InChI=1S/C26H30N6O2S/c1-16(2)32-23(12-21(29-32)26(3,4)5)28-24(33)18-15-35-20-14-30(11-9-17(18)20)25(34)19-13-27-22-8-6-7-10-31(19)22/h6-8,10,12-13,15-16H,9,11,14H2,1-5H3,(H,28,33). The average Bonchev–Trinajstić information content (AvgIpc) is 3.54. The quantitative estimate of drug-likeness (QED) is 0.440. The Labute approximate surface area is 208 Å². The number of rotatable bonds is 4. The van der Waals surface area contributed by atoms with Crippen LogP contribution in [0.5, 0.6) is 0 Å². The molecule has 5 rings (SSSR count). The van der Waals surface area contributed by atoms with E-state index in [1.54, 1.807) is 6.20 Å². The van der Waals surface area contributed by atoms with Crippen molar-refractivity contribution in [2.24, 2.45) is 0 Å². The Balaban J connectivity index is 1.35. The molecule has 0 aromatic carbocycles. The van der Waals surface area contributed by atoms with Crippen molar-refractivity contribution in [1.29, 1.82) is 0 Å². The summed E-state index contributed by atoms with van der Waals surface area (Å²) in [5.41, 5.74) is 3.84. The molecule has 9 heteroatoms. The fourth-order valence-electron chi connectivity index (χ4n) is 4.38. The molecule has 8 nitrogen and oxygen atoms in total. The third kappa shape index (κ3) is 4.25. The summed E-state index contributed by atoms with van der Waals surface area (Å²) in [6.45, 7) is 11.5. The molecule has 5 heterocycles. The molecule has 0 aliphatic carbocycles. The number of fused-ring (bicyclic) bond motifs is 2. The SMILES string of the molecule is CC(C)n1nc(C(C)(C)C)cc1NC(=O)c1csc2c1CCN(C(=O)c1cnc3ccccn13)C2. The van der Waals surface area contributed by atoms with Gasteiger partial charge >= 0.3 is 0 Å². The van der Waals surface area contributed by atoms with Gasteiger partial charge in [-0.25, -0.2) is 9.67 Å². The highest BCUT2D eigenvalue weighted by Crippen LogP contribution is 2.31. The van der Waals surface area contributed by atoms with Crippen LogP contribution in [0.1, 0.15) is 77.6 Å². The van der Waals surface area contributed by atoms with E-state index in [0.29, 0.717) is 36.6 Å². The van der Waals surface area contributed by atoms with E-state index >= 15 is 0 Å². The number of imidazole rings is 1. The summed E-state index contributed by atoms with van der Waals surface area (Å²) >= 11 is 1.53. The maximum absolute atomic E-state index is 13.3. The Hall–Kier alpha value is -3.46. The minimum atomic E-state index is -0.133. The van der Waals surface area contributed by atoms with E-state index in [4.69, 9.17) is 5.10 Å². The van der Waals surface area contributed by atoms with Crippen molar-refractivity contribution in [2.45, 2.75) is 59.0 Å². The number of aromatic nitrogens is 4. The van der Waals surface area contributed by atoms with E-state index in [1.165, 1.54) is 11.3 Å². The number of carbonyl (C=O) groups is 2. The van der Waals surface area contributed by atoms with Crippen molar-refractivity contribution in [1.82, 2.24) is 24.1 Å². The van der Waals surface area contributed by atoms with E-state index < -0.39 is 0 Å². The Kier molecular flexibility index (Phi) is 5.75. The van der Waals surface area contributed by atoms with Crippen LogP contribution < -0.4 is 5.32 Å². The zero-order valence-electron chi connectivity index (χ0n) is 20.7. The van der Waals surface area contributed by atoms with Gasteiger partial charge < -0.3 is 10.2 Å². The number of pyridine rings is 1. The number of thiophene rings is 1. The van der Waals surface area contributed by atoms with Crippen molar-refractivity contribution >= 4 is 34.6 Å². The molecule has 1 aliphatic rings. The summed E-state index contributed by atoms with van der Waals surface area (Å²) in [4.78, 5) is 33.7. The molecule has 0 saturated heterocycles. The molecule has 35 heavy (non-hydrogen) atoms. The molecule has 1 aliphatic heterocycles. The first kappa shape index (κ1) is 23.3. The van der Waals surface area contributed by atoms with Gasteiger partial charge in [0.25, 0.3) is 11.8 Å². The molecule has 0 radical (unpaired) electrons. The smallest absolute Gasteiger partial charge is 0.272 e. The summed E-state index contributed by atoms with van der Waals surface area (Å²) in [6, 6.07) is 7.76. The Morgan fingerprint density at radius 2 is 2.00 bits per heavy atom. The van der Waals surface area contributed by atoms with Crippen LogP contribution in [0.25, 0.3) is 5.65 Å². The average molecular weight is 491 g/mol. The second-order valence-electron chi connectivity index (χ2n) is 10.3. The maximum atomic E-state index is 13.3. The maximum Gasteiger partial charge on any atom is 0.272 e. The Morgan fingerprint density at radius 3 is 2.74 bits per heavy atom. The first-order valence-electron chi connectivity index (χ1n) is 11.9. The lowest BCUT2D eigenvalue weighted by Crippen LogP contribution is -2.36. The molecule has 0 saturated carbocycles. The summed E-state index contributed by atoms with van der Waals surface area (Å²) in [5.74, 6) is 0.519. The van der Waals surface area contributed by atoms with E-state index in [0.717, 1.165) is 21.8 Å². The van der Waals surface area contributed by atoms with Gasteiger partial charge in [0.05, 0.1) is 24.0 Å². The number of anilines is 1. The van der Waals surface area contributed by atoms with Crippen molar-refractivity contribution in [3.63, 3.8) is 0 Å². The van der Waals surface area contributed by atoms with E-state index in [1.807, 2.05) is 49.8 Å². The van der Waals surface area contributed by atoms with Gasteiger partial charge in [-0.15, -0.1) is 11.3 Å². The van der Waals surface area contributed by atoms with Crippen molar-refractivity contribution in [2.75, 3.05) is 11.9 Å². The Bertz CT molecular complexity index is 1420. The lowest BCUT2D eigenvalue weighted by molar-refractivity contribution is 0.0730. The van der Waals surface area contributed by atoms with E-state index in [-0.39, 0.29) is 23.3 Å². The van der Waals surface area contributed by atoms with Crippen LogP contribution in [0, 0.1) is 0 Å². The van der Waals surface area contributed by atoms with Gasteiger partial charge in [0.1, 0.15) is 17.2 Å². The van der Waals surface area contributed by atoms with Crippen LogP contribution in [0.15, 0.2) is 42.0 Å². The largest absolute Gasteiger partial charge is 0.332 e. The molecule has 182 valence electrons. The van der Waals surface area contributed by atoms with Gasteiger partial charge in [0, 0.05) is 40.5 Å². The molecule has 4 aromatic heterocycles. The third-order valence-electron chi connectivity index (χ3n) is 6.35. The zero-order valence-corrected chi connectivity index (χ0v) is 21.5. The normalized spacial score (nSPS) is 13.9. The highest BCUT2D eigenvalue weighted by Gasteiger charge is 2.29.